The second kappa shape index (κ2) is 8.64. The van der Waals surface area contributed by atoms with Crippen molar-refractivity contribution >= 4 is 14.5 Å². The van der Waals surface area contributed by atoms with E-state index in [4.69, 9.17) is 0 Å². The van der Waals surface area contributed by atoms with Crippen LogP contribution in [0.3, 0.4) is 0 Å². The van der Waals surface area contributed by atoms with Gasteiger partial charge < -0.3 is 30.6 Å². The normalized spacial score (nSPS) is 16.6. The van der Waals surface area contributed by atoms with Crippen molar-refractivity contribution in [3.05, 3.63) is 0 Å². The molecule has 0 bridgehead atoms. The van der Waals surface area contributed by atoms with Crippen LogP contribution in [-0.4, -0.2) is 79.0 Å². The summed E-state index contributed by atoms with van der Waals surface area (Å²) in [4.78, 5) is 0. The predicted molar refractivity (Wildman–Crippen MR) is 93.7 cm³/mol. The Kier molecular flexibility index (Phi) is 8.88. The van der Waals surface area contributed by atoms with Gasteiger partial charge in [-0.25, -0.2) is 0 Å². The van der Waals surface area contributed by atoms with Crippen molar-refractivity contribution in [2.45, 2.75) is 50.8 Å². The highest BCUT2D eigenvalue weighted by molar-refractivity contribution is 7.77. The third-order valence-electron chi connectivity index (χ3n) is 5.63. The summed E-state index contributed by atoms with van der Waals surface area (Å²) in [6.45, 7) is 7.69. The minimum absolute atomic E-state index is 0.247. The van der Waals surface area contributed by atoms with E-state index < -0.39 is 24.8 Å². The van der Waals surface area contributed by atoms with Crippen molar-refractivity contribution in [1.82, 2.24) is 0 Å². The molecule has 0 aliphatic heterocycles. The molecule has 0 fully saturated rings. The first-order chi connectivity index (χ1) is 10.1. The zero-order valence-corrected chi connectivity index (χ0v) is 16.0. The summed E-state index contributed by atoms with van der Waals surface area (Å²) < 4.78 is 0. The third kappa shape index (κ3) is 3.81. The predicted octanol–water partition coefficient (Wildman–Crippen LogP) is 1.06. The molecule has 0 aromatic carbocycles. The van der Waals surface area contributed by atoms with E-state index in [1.54, 1.807) is 0 Å². The Labute approximate surface area is 134 Å². The van der Waals surface area contributed by atoms with E-state index in [0.717, 1.165) is 0 Å². The maximum atomic E-state index is 9.80. The van der Waals surface area contributed by atoms with Crippen molar-refractivity contribution in [2.24, 2.45) is 0 Å². The highest BCUT2D eigenvalue weighted by Gasteiger charge is 2.61. The average Bonchev–Trinajstić information content (AvgIpc) is 2.51. The summed E-state index contributed by atoms with van der Waals surface area (Å²) in [7, 11) is -4.83. The molecule has 6 N–H and O–H groups in total. The van der Waals surface area contributed by atoms with E-state index >= 15 is 0 Å². The number of hydrogen-bond acceptors (Lipinski definition) is 6. The number of aliphatic hydroxyl groups is 6. The summed E-state index contributed by atoms with van der Waals surface area (Å²) in [5, 5.41) is 57.6. The lowest BCUT2D eigenvalue weighted by Crippen LogP contribution is -2.43. The van der Waals surface area contributed by atoms with Crippen molar-refractivity contribution in [3.8, 4) is 0 Å². The topological polar surface area (TPSA) is 121 Å². The van der Waals surface area contributed by atoms with Crippen LogP contribution >= 0.6 is 14.5 Å². The summed E-state index contributed by atoms with van der Waals surface area (Å²) >= 11 is 0. The van der Waals surface area contributed by atoms with E-state index in [9.17, 15) is 30.6 Å². The van der Waals surface area contributed by atoms with Crippen molar-refractivity contribution in [2.75, 3.05) is 38.1 Å². The Morgan fingerprint density at radius 3 is 1.18 bits per heavy atom. The van der Waals surface area contributed by atoms with Crippen LogP contribution in [0, 0.1) is 0 Å². The van der Waals surface area contributed by atoms with Gasteiger partial charge in [-0.05, 0) is 27.2 Å². The fraction of sp³-hybridized carbons (Fsp3) is 1.00. The number of rotatable bonds is 11. The number of aliphatic hydroxyl groups excluding tert-OH is 6. The van der Waals surface area contributed by atoms with E-state index in [1.807, 2.05) is 27.7 Å². The van der Waals surface area contributed by atoms with E-state index in [0.29, 0.717) is 12.8 Å². The van der Waals surface area contributed by atoms with E-state index in [-0.39, 0.29) is 38.1 Å². The highest BCUT2D eigenvalue weighted by Crippen LogP contribution is 2.75. The zero-order valence-electron chi connectivity index (χ0n) is 14.2. The SMILES string of the molecule is CCC(C)(CC(C)(C)[P+](CO)(CO)CO)[P+](CO)(CO)CO. The van der Waals surface area contributed by atoms with Crippen LogP contribution in [0.1, 0.15) is 40.5 Å². The molecule has 0 aliphatic carbocycles. The molecule has 0 aromatic rings. The molecule has 0 rings (SSSR count). The van der Waals surface area contributed by atoms with Crippen LogP contribution in [0.5, 0.6) is 0 Å². The van der Waals surface area contributed by atoms with Gasteiger partial charge in [0.2, 0.25) is 0 Å². The van der Waals surface area contributed by atoms with E-state index in [1.165, 1.54) is 0 Å². The Bertz CT molecular complexity index is 315. The molecule has 1 unspecified atom stereocenters. The second-order valence-corrected chi connectivity index (χ2v) is 15.5. The summed E-state index contributed by atoms with van der Waals surface area (Å²) in [5.74, 6) is 0. The lowest BCUT2D eigenvalue weighted by atomic mass is 9.95. The largest absolute Gasteiger partial charge is 0.361 e. The highest BCUT2D eigenvalue weighted by atomic mass is 31.2. The van der Waals surface area contributed by atoms with Gasteiger partial charge in [-0.15, -0.1) is 0 Å². The molecule has 0 saturated heterocycles. The van der Waals surface area contributed by atoms with Crippen LogP contribution in [0.15, 0.2) is 0 Å². The van der Waals surface area contributed by atoms with Crippen LogP contribution in [0.25, 0.3) is 0 Å². The average molecular weight is 360 g/mol. The van der Waals surface area contributed by atoms with Gasteiger partial charge in [0.05, 0.1) is 24.8 Å². The summed E-state index contributed by atoms with van der Waals surface area (Å²) in [6.07, 6.45) is -0.355. The van der Waals surface area contributed by atoms with Crippen molar-refractivity contribution in [1.29, 1.82) is 0 Å². The van der Waals surface area contributed by atoms with Gasteiger partial charge in [0.25, 0.3) is 0 Å². The summed E-state index contributed by atoms with van der Waals surface area (Å²) in [6, 6.07) is 0. The van der Waals surface area contributed by atoms with Gasteiger partial charge in [-0.1, -0.05) is 6.92 Å². The van der Waals surface area contributed by atoms with Gasteiger partial charge in [0.1, 0.15) is 0 Å². The van der Waals surface area contributed by atoms with Gasteiger partial charge in [0, 0.05) is 6.42 Å². The Morgan fingerprint density at radius 1 is 0.636 bits per heavy atom. The Balaban J connectivity index is 5.79. The Hall–Kier alpha value is 0.620. The minimum atomic E-state index is -2.42. The van der Waals surface area contributed by atoms with Crippen molar-refractivity contribution in [3.63, 3.8) is 0 Å². The maximum Gasteiger partial charge on any atom is 0.159 e. The number of hydrogen-bond donors (Lipinski definition) is 6. The molecule has 22 heavy (non-hydrogen) atoms. The molecule has 0 saturated carbocycles. The second-order valence-electron chi connectivity index (χ2n) is 6.98. The minimum Gasteiger partial charge on any atom is -0.361 e. The first-order valence-electron chi connectivity index (χ1n) is 7.51. The Morgan fingerprint density at radius 2 is 0.955 bits per heavy atom. The molecule has 0 radical (unpaired) electrons. The molecule has 134 valence electrons. The van der Waals surface area contributed by atoms with E-state index in [2.05, 4.69) is 0 Å². The first kappa shape index (κ1) is 22.6. The molecule has 1 atom stereocenters. The van der Waals surface area contributed by atoms with Gasteiger partial charge in [-0.2, -0.15) is 0 Å². The van der Waals surface area contributed by atoms with Crippen LogP contribution in [0.2, 0.25) is 0 Å². The lowest BCUT2D eigenvalue weighted by molar-refractivity contribution is 0.287. The fourth-order valence-electron chi connectivity index (χ4n) is 3.08. The van der Waals surface area contributed by atoms with Gasteiger partial charge >= 0.3 is 0 Å². The van der Waals surface area contributed by atoms with Crippen LogP contribution in [-0.2, 0) is 0 Å². The molecular weight excluding hydrogens is 326 g/mol. The molecule has 6 nitrogen and oxygen atoms in total. The quantitative estimate of drug-likeness (QED) is 0.307. The molecule has 8 heteroatoms. The molecule has 0 aromatic heterocycles. The third-order valence-corrected chi connectivity index (χ3v) is 14.4. The molecule has 0 spiro atoms. The smallest absolute Gasteiger partial charge is 0.159 e. The lowest BCUT2D eigenvalue weighted by Gasteiger charge is -2.45. The molecule has 0 heterocycles. The van der Waals surface area contributed by atoms with Crippen molar-refractivity contribution < 1.29 is 30.6 Å². The summed E-state index contributed by atoms with van der Waals surface area (Å²) in [5.41, 5.74) is 0. The monoisotopic (exact) mass is 360 g/mol. The van der Waals surface area contributed by atoms with Gasteiger partial charge in [-0.3, -0.25) is 0 Å². The first-order valence-corrected chi connectivity index (χ1v) is 12.2. The molecule has 0 aliphatic rings. The zero-order chi connectivity index (χ0) is 17.7. The standard InChI is InChI=1S/C14H34O6P2/c1-5-14(4,22(10-18,11-19)12-20)6-13(2,3)21(7-15,8-16)9-17/h15-20H,5-12H2,1-4H3/q+2. The molecule has 0 amide bonds. The fourth-order valence-corrected chi connectivity index (χ4v) is 8.00. The maximum absolute atomic E-state index is 9.80. The molecular formula is C14H34O6P2+2. The van der Waals surface area contributed by atoms with Crippen LogP contribution in [0.4, 0.5) is 0 Å². The van der Waals surface area contributed by atoms with Crippen LogP contribution < -0.4 is 0 Å². The van der Waals surface area contributed by atoms with Gasteiger partial charge in [0.15, 0.2) is 38.1 Å².